The summed E-state index contributed by atoms with van der Waals surface area (Å²) >= 11 is 0. The molecule has 1 heterocycles. The largest absolute Gasteiger partial charge is 0.332 e. The zero-order chi connectivity index (χ0) is 19.4. The first-order valence-electron chi connectivity index (χ1n) is 8.67. The lowest BCUT2D eigenvalue weighted by molar-refractivity contribution is -0.116. The van der Waals surface area contributed by atoms with Gasteiger partial charge in [-0.25, -0.2) is 4.68 Å². The fourth-order valence-electron chi connectivity index (χ4n) is 2.76. The smallest absolute Gasteiger partial charge is 0.254 e. The van der Waals surface area contributed by atoms with E-state index in [1.165, 1.54) is 4.90 Å². The summed E-state index contributed by atoms with van der Waals surface area (Å²) in [5.74, 6) is -0.439. The van der Waals surface area contributed by atoms with Crippen LogP contribution in [0.15, 0.2) is 60.9 Å². The van der Waals surface area contributed by atoms with Gasteiger partial charge in [-0.05, 0) is 61.4 Å². The third-order valence-electron chi connectivity index (χ3n) is 4.49. The Morgan fingerprint density at radius 1 is 1.07 bits per heavy atom. The lowest BCUT2D eigenvalue weighted by atomic mass is 10.1. The monoisotopic (exact) mass is 362 g/mol. The molecule has 0 unspecified atom stereocenters. The van der Waals surface area contributed by atoms with Gasteiger partial charge in [-0.15, -0.1) is 0 Å². The minimum atomic E-state index is -0.229. The van der Waals surface area contributed by atoms with Crippen molar-refractivity contribution in [2.75, 3.05) is 18.9 Å². The summed E-state index contributed by atoms with van der Waals surface area (Å²) in [5.41, 5.74) is 4.28. The number of benzene rings is 2. The van der Waals surface area contributed by atoms with E-state index in [2.05, 4.69) is 10.4 Å². The maximum atomic E-state index is 12.6. The second-order valence-electron chi connectivity index (χ2n) is 6.45. The zero-order valence-corrected chi connectivity index (χ0v) is 15.6. The Bertz CT molecular complexity index is 947. The number of anilines is 1. The molecule has 0 aliphatic rings. The normalized spacial score (nSPS) is 10.5. The van der Waals surface area contributed by atoms with Crippen LogP contribution >= 0.6 is 0 Å². The Morgan fingerprint density at radius 3 is 2.48 bits per heavy atom. The number of hydrogen-bond acceptors (Lipinski definition) is 3. The minimum absolute atomic E-state index is 0.0207. The van der Waals surface area contributed by atoms with Crippen molar-refractivity contribution in [1.29, 1.82) is 0 Å². The standard InChI is InChI=1S/C21H22N4O2/c1-15-6-4-7-19(16(15)2)23-20(26)14-24(3)21(27)17-8-10-18(11-9-17)25-13-5-12-22-25/h4-13H,14H2,1-3H3,(H,23,26). The highest BCUT2D eigenvalue weighted by Gasteiger charge is 2.16. The molecule has 0 fully saturated rings. The van der Waals surface area contributed by atoms with Crippen LogP contribution in [0.5, 0.6) is 0 Å². The molecule has 27 heavy (non-hydrogen) atoms. The molecule has 6 nitrogen and oxygen atoms in total. The van der Waals surface area contributed by atoms with E-state index in [0.717, 1.165) is 22.5 Å². The summed E-state index contributed by atoms with van der Waals surface area (Å²) in [7, 11) is 1.62. The molecule has 138 valence electrons. The third kappa shape index (κ3) is 4.23. The van der Waals surface area contributed by atoms with Crippen LogP contribution in [0.25, 0.3) is 5.69 Å². The summed E-state index contributed by atoms with van der Waals surface area (Å²) in [4.78, 5) is 26.3. The van der Waals surface area contributed by atoms with E-state index in [0.29, 0.717) is 5.56 Å². The van der Waals surface area contributed by atoms with Crippen molar-refractivity contribution >= 4 is 17.5 Å². The molecule has 0 bridgehead atoms. The first kappa shape index (κ1) is 18.4. The third-order valence-corrected chi connectivity index (χ3v) is 4.49. The Labute approximate surface area is 158 Å². The first-order chi connectivity index (χ1) is 13.0. The Balaban J connectivity index is 1.63. The maximum absolute atomic E-state index is 12.6. The summed E-state index contributed by atoms with van der Waals surface area (Å²) in [6.45, 7) is 3.93. The van der Waals surface area contributed by atoms with Crippen LogP contribution in [0.2, 0.25) is 0 Å². The van der Waals surface area contributed by atoms with Crippen LogP contribution in [-0.4, -0.2) is 40.1 Å². The number of aryl methyl sites for hydroxylation is 1. The van der Waals surface area contributed by atoms with Gasteiger partial charge in [-0.1, -0.05) is 12.1 Å². The number of nitrogens with zero attached hydrogens (tertiary/aromatic N) is 3. The Hall–Kier alpha value is -3.41. The molecule has 0 saturated carbocycles. The van der Waals surface area contributed by atoms with Crippen LogP contribution in [0, 0.1) is 13.8 Å². The molecule has 0 radical (unpaired) electrons. The van der Waals surface area contributed by atoms with Crippen LogP contribution in [0.1, 0.15) is 21.5 Å². The predicted molar refractivity (Wildman–Crippen MR) is 105 cm³/mol. The zero-order valence-electron chi connectivity index (χ0n) is 15.6. The number of amides is 2. The second kappa shape index (κ2) is 7.86. The van der Waals surface area contributed by atoms with Crippen molar-refractivity contribution in [2.24, 2.45) is 0 Å². The first-order valence-corrected chi connectivity index (χ1v) is 8.67. The van der Waals surface area contributed by atoms with E-state index < -0.39 is 0 Å². The highest BCUT2D eigenvalue weighted by atomic mass is 16.2. The Kier molecular flexibility index (Phi) is 5.35. The molecule has 0 saturated heterocycles. The maximum Gasteiger partial charge on any atom is 0.254 e. The van der Waals surface area contributed by atoms with E-state index >= 15 is 0 Å². The van der Waals surface area contributed by atoms with E-state index in [9.17, 15) is 9.59 Å². The van der Waals surface area contributed by atoms with Crippen molar-refractivity contribution in [1.82, 2.24) is 14.7 Å². The molecular formula is C21H22N4O2. The van der Waals surface area contributed by atoms with Gasteiger partial charge >= 0.3 is 0 Å². The molecule has 6 heteroatoms. The van der Waals surface area contributed by atoms with Gasteiger partial charge in [0.25, 0.3) is 5.91 Å². The number of carbonyl (C=O) groups is 2. The highest BCUT2D eigenvalue weighted by molar-refractivity contribution is 5.99. The summed E-state index contributed by atoms with van der Waals surface area (Å²) < 4.78 is 1.72. The lowest BCUT2D eigenvalue weighted by Crippen LogP contribution is -2.35. The SMILES string of the molecule is Cc1cccc(NC(=O)CN(C)C(=O)c2ccc(-n3cccn3)cc2)c1C. The van der Waals surface area contributed by atoms with Gasteiger partial charge in [0, 0.05) is 30.7 Å². The number of rotatable bonds is 5. The topological polar surface area (TPSA) is 67.2 Å². The van der Waals surface area contributed by atoms with Crippen LogP contribution in [0.4, 0.5) is 5.69 Å². The molecule has 2 aromatic carbocycles. The lowest BCUT2D eigenvalue weighted by Gasteiger charge is -2.18. The molecule has 3 aromatic rings. The molecule has 1 N–H and O–H groups in total. The minimum Gasteiger partial charge on any atom is -0.332 e. The van der Waals surface area contributed by atoms with Crippen LogP contribution in [0.3, 0.4) is 0 Å². The molecule has 0 atom stereocenters. The van der Waals surface area contributed by atoms with Crippen molar-refractivity contribution in [2.45, 2.75) is 13.8 Å². The average molecular weight is 362 g/mol. The molecular weight excluding hydrogens is 340 g/mol. The van der Waals surface area contributed by atoms with Crippen molar-refractivity contribution in [3.63, 3.8) is 0 Å². The fraction of sp³-hybridized carbons (Fsp3) is 0.190. The summed E-state index contributed by atoms with van der Waals surface area (Å²) in [5, 5.41) is 7.03. The number of aromatic nitrogens is 2. The summed E-state index contributed by atoms with van der Waals surface area (Å²) in [6.07, 6.45) is 3.53. The van der Waals surface area contributed by atoms with Gasteiger partial charge < -0.3 is 10.2 Å². The van der Waals surface area contributed by atoms with Gasteiger partial charge in [-0.2, -0.15) is 5.10 Å². The van der Waals surface area contributed by atoms with Gasteiger partial charge in [0.1, 0.15) is 0 Å². The molecule has 0 aliphatic heterocycles. The molecule has 2 amide bonds. The van der Waals surface area contributed by atoms with Crippen molar-refractivity contribution in [3.05, 3.63) is 77.6 Å². The molecule has 0 spiro atoms. The molecule has 1 aromatic heterocycles. The quantitative estimate of drug-likeness (QED) is 0.758. The second-order valence-corrected chi connectivity index (χ2v) is 6.45. The van der Waals surface area contributed by atoms with E-state index in [1.54, 1.807) is 30.1 Å². The summed E-state index contributed by atoms with van der Waals surface area (Å²) in [6, 6.07) is 14.7. The van der Waals surface area contributed by atoms with Crippen LogP contribution in [-0.2, 0) is 4.79 Å². The average Bonchev–Trinajstić information content (AvgIpc) is 3.19. The van der Waals surface area contributed by atoms with Crippen molar-refractivity contribution in [3.8, 4) is 5.69 Å². The number of nitrogens with one attached hydrogen (secondary N) is 1. The number of carbonyl (C=O) groups excluding carboxylic acids is 2. The molecule has 0 aliphatic carbocycles. The highest BCUT2D eigenvalue weighted by Crippen LogP contribution is 2.18. The predicted octanol–water partition coefficient (Wildman–Crippen LogP) is 3.20. The van der Waals surface area contributed by atoms with Gasteiger partial charge in [0.05, 0.1) is 12.2 Å². The van der Waals surface area contributed by atoms with Crippen molar-refractivity contribution < 1.29 is 9.59 Å². The van der Waals surface area contributed by atoms with E-state index in [-0.39, 0.29) is 18.4 Å². The van der Waals surface area contributed by atoms with Gasteiger partial charge in [0.2, 0.25) is 5.91 Å². The van der Waals surface area contributed by atoms with Gasteiger partial charge in [0.15, 0.2) is 0 Å². The van der Waals surface area contributed by atoms with E-state index in [1.807, 2.05) is 56.4 Å². The molecule has 3 rings (SSSR count). The van der Waals surface area contributed by atoms with Crippen LogP contribution < -0.4 is 5.32 Å². The Morgan fingerprint density at radius 2 is 1.81 bits per heavy atom. The fourth-order valence-corrected chi connectivity index (χ4v) is 2.76. The van der Waals surface area contributed by atoms with E-state index in [4.69, 9.17) is 0 Å². The number of hydrogen-bond donors (Lipinski definition) is 1. The number of likely N-dealkylation sites (N-methyl/N-ethyl adjacent to an activating group) is 1. The van der Waals surface area contributed by atoms with Gasteiger partial charge in [-0.3, -0.25) is 9.59 Å².